The van der Waals surface area contributed by atoms with E-state index < -0.39 is 6.04 Å². The Hall–Kier alpha value is -2.63. The van der Waals surface area contributed by atoms with Crippen LogP contribution < -0.4 is 10.9 Å². The van der Waals surface area contributed by atoms with Gasteiger partial charge in [0.05, 0.1) is 5.52 Å². The van der Waals surface area contributed by atoms with Gasteiger partial charge in [0, 0.05) is 23.2 Å². The number of hydrogen-bond acceptors (Lipinski definition) is 3. The van der Waals surface area contributed by atoms with E-state index in [4.69, 9.17) is 0 Å². The Morgan fingerprint density at radius 3 is 2.79 bits per heavy atom. The highest BCUT2D eigenvalue weighted by Crippen LogP contribution is 2.30. The first kappa shape index (κ1) is 18.7. The third kappa shape index (κ3) is 3.01. The summed E-state index contributed by atoms with van der Waals surface area (Å²) in [4.78, 5) is 29.4. The predicted molar refractivity (Wildman–Crippen MR) is 111 cm³/mol. The fourth-order valence-corrected chi connectivity index (χ4v) is 4.59. The maximum Gasteiger partial charge on any atom is 0.273 e. The maximum absolute atomic E-state index is 13.2. The van der Waals surface area contributed by atoms with Crippen molar-refractivity contribution in [3.63, 3.8) is 0 Å². The van der Waals surface area contributed by atoms with Crippen LogP contribution in [0.25, 0.3) is 16.6 Å². The summed E-state index contributed by atoms with van der Waals surface area (Å²) >= 11 is 0. The molecule has 1 saturated carbocycles. The van der Waals surface area contributed by atoms with Crippen molar-refractivity contribution in [3.8, 4) is 0 Å². The second-order valence-electron chi connectivity index (χ2n) is 8.29. The molecule has 4 rings (SSSR count). The lowest BCUT2D eigenvalue weighted by Crippen LogP contribution is -2.46. The normalized spacial score (nSPS) is 23.8. The van der Waals surface area contributed by atoms with Crippen LogP contribution in [0.3, 0.4) is 0 Å². The first-order valence-corrected chi connectivity index (χ1v) is 10.2. The molecule has 1 aliphatic carbocycles. The van der Waals surface area contributed by atoms with Crippen LogP contribution in [0.1, 0.15) is 51.8 Å². The smallest absolute Gasteiger partial charge is 0.273 e. The molecule has 6 heteroatoms. The Kier molecular flexibility index (Phi) is 4.73. The molecule has 6 nitrogen and oxygen atoms in total. The molecule has 148 valence electrons. The molecule has 1 fully saturated rings. The molecular weight excluding hydrogens is 352 g/mol. The first-order valence-electron chi connectivity index (χ1n) is 10.2. The van der Waals surface area contributed by atoms with Crippen molar-refractivity contribution in [2.75, 3.05) is 0 Å². The maximum atomic E-state index is 13.2. The van der Waals surface area contributed by atoms with E-state index in [1.807, 2.05) is 47.3 Å². The lowest BCUT2D eigenvalue weighted by Gasteiger charge is -2.35. The summed E-state index contributed by atoms with van der Waals surface area (Å²) in [5.41, 5.74) is 2.00. The lowest BCUT2D eigenvalue weighted by molar-refractivity contribution is -0.125. The minimum atomic E-state index is -0.421. The van der Waals surface area contributed by atoms with Gasteiger partial charge >= 0.3 is 0 Å². The van der Waals surface area contributed by atoms with E-state index in [0.29, 0.717) is 17.5 Å². The number of rotatable bonds is 3. The Morgan fingerprint density at radius 2 is 2.00 bits per heavy atom. The Labute approximate surface area is 164 Å². The number of aromatic nitrogens is 3. The van der Waals surface area contributed by atoms with Crippen molar-refractivity contribution >= 4 is 22.5 Å². The minimum Gasteiger partial charge on any atom is -0.351 e. The lowest BCUT2D eigenvalue weighted by atomic mass is 9.78. The highest BCUT2D eigenvalue weighted by atomic mass is 16.2. The van der Waals surface area contributed by atoms with Crippen LogP contribution in [-0.2, 0) is 4.79 Å². The number of nitrogens with zero attached hydrogens (tertiary/aromatic N) is 3. The number of hydrogen-bond donors (Lipinski definition) is 1. The van der Waals surface area contributed by atoms with Crippen LogP contribution in [0.15, 0.2) is 35.1 Å². The van der Waals surface area contributed by atoms with Crippen LogP contribution in [0.4, 0.5) is 0 Å². The van der Waals surface area contributed by atoms with Crippen LogP contribution in [0.5, 0.6) is 0 Å². The summed E-state index contributed by atoms with van der Waals surface area (Å²) in [5.74, 6) is 1.10. The molecule has 4 atom stereocenters. The second-order valence-corrected chi connectivity index (χ2v) is 8.29. The largest absolute Gasteiger partial charge is 0.351 e. The number of amides is 1. The fourth-order valence-electron chi connectivity index (χ4n) is 4.59. The van der Waals surface area contributed by atoms with Crippen molar-refractivity contribution < 1.29 is 4.79 Å². The van der Waals surface area contributed by atoms with Gasteiger partial charge in [-0.05, 0) is 44.2 Å². The average molecular weight is 380 g/mol. The standard InChI is InChI=1S/C22H28N4O2/c1-13-8-7-10-18(15(13)3)23-22(28)16(4)26-19-11-6-5-9-17(19)21-24-20(27)12-14(2)25(21)26/h5-6,9,11-13,15-16,18H,7-8,10H2,1-4H3,(H,23,28). The molecule has 4 unspecified atom stereocenters. The van der Waals surface area contributed by atoms with E-state index in [0.717, 1.165) is 29.4 Å². The van der Waals surface area contributed by atoms with Crippen molar-refractivity contribution in [2.24, 2.45) is 11.8 Å². The van der Waals surface area contributed by atoms with Crippen molar-refractivity contribution in [1.29, 1.82) is 0 Å². The summed E-state index contributed by atoms with van der Waals surface area (Å²) < 4.78 is 3.85. The zero-order valence-corrected chi connectivity index (χ0v) is 17.0. The monoisotopic (exact) mass is 380 g/mol. The SMILES string of the molecule is Cc1cc(=O)nc2c3ccccc3n(C(C)C(=O)NC3CCCC(C)C3C)n12. The van der Waals surface area contributed by atoms with Gasteiger partial charge in [0.15, 0.2) is 5.65 Å². The zero-order valence-electron chi connectivity index (χ0n) is 17.0. The van der Waals surface area contributed by atoms with Gasteiger partial charge in [0.2, 0.25) is 5.91 Å². The van der Waals surface area contributed by atoms with Crippen molar-refractivity contribution in [1.82, 2.24) is 19.5 Å². The third-order valence-corrected chi connectivity index (χ3v) is 6.47. The molecule has 2 aromatic heterocycles. The second kappa shape index (κ2) is 7.08. The Morgan fingerprint density at radius 1 is 1.25 bits per heavy atom. The van der Waals surface area contributed by atoms with Gasteiger partial charge in [-0.2, -0.15) is 4.98 Å². The van der Waals surface area contributed by atoms with Crippen LogP contribution >= 0.6 is 0 Å². The van der Waals surface area contributed by atoms with Gasteiger partial charge in [-0.15, -0.1) is 0 Å². The topological polar surface area (TPSA) is 68.4 Å². The number of aryl methyl sites for hydroxylation is 1. The van der Waals surface area contributed by atoms with Gasteiger partial charge in [-0.1, -0.05) is 38.8 Å². The third-order valence-electron chi connectivity index (χ3n) is 6.47. The Bertz CT molecular complexity index is 1100. The summed E-state index contributed by atoms with van der Waals surface area (Å²) in [7, 11) is 0. The minimum absolute atomic E-state index is 0.00621. The molecule has 2 heterocycles. The molecule has 0 saturated heterocycles. The molecule has 3 aromatic rings. The fraction of sp³-hybridized carbons (Fsp3) is 0.500. The summed E-state index contributed by atoms with van der Waals surface area (Å²) in [6.07, 6.45) is 3.42. The van der Waals surface area contributed by atoms with Crippen LogP contribution in [0.2, 0.25) is 0 Å². The van der Waals surface area contributed by atoms with E-state index in [9.17, 15) is 9.59 Å². The Balaban J connectivity index is 1.77. The summed E-state index contributed by atoms with van der Waals surface area (Å²) in [6, 6.07) is 9.10. The number of carbonyl (C=O) groups excluding carboxylic acids is 1. The van der Waals surface area contributed by atoms with Crippen molar-refractivity contribution in [3.05, 3.63) is 46.4 Å². The van der Waals surface area contributed by atoms with E-state index in [1.54, 1.807) is 0 Å². The number of benzene rings is 1. The van der Waals surface area contributed by atoms with Gasteiger partial charge in [0.1, 0.15) is 6.04 Å². The van der Waals surface area contributed by atoms with Gasteiger partial charge < -0.3 is 5.32 Å². The molecule has 0 bridgehead atoms. The molecule has 28 heavy (non-hydrogen) atoms. The van der Waals surface area contributed by atoms with Gasteiger partial charge in [-0.3, -0.25) is 14.3 Å². The van der Waals surface area contributed by atoms with Gasteiger partial charge in [0.25, 0.3) is 5.56 Å². The van der Waals surface area contributed by atoms with Crippen molar-refractivity contribution in [2.45, 2.75) is 59.0 Å². The molecule has 0 spiro atoms. The number of nitrogens with one attached hydrogen (secondary N) is 1. The predicted octanol–water partition coefficient (Wildman–Crippen LogP) is 3.46. The van der Waals surface area contributed by atoms with Crippen LogP contribution in [-0.4, -0.2) is 26.1 Å². The molecule has 1 aliphatic rings. The quantitative estimate of drug-likeness (QED) is 0.757. The average Bonchev–Trinajstić information content (AvgIpc) is 2.99. The molecule has 1 aromatic carbocycles. The molecule has 0 aliphatic heterocycles. The number of fused-ring (bicyclic) bond motifs is 3. The highest BCUT2D eigenvalue weighted by molar-refractivity contribution is 5.94. The van der Waals surface area contributed by atoms with Crippen LogP contribution in [0, 0.1) is 18.8 Å². The number of para-hydroxylation sites is 1. The number of carbonyl (C=O) groups is 1. The molecular formula is C22H28N4O2. The zero-order chi connectivity index (χ0) is 20.0. The molecule has 1 amide bonds. The summed E-state index contributed by atoms with van der Waals surface area (Å²) in [6.45, 7) is 8.29. The highest BCUT2D eigenvalue weighted by Gasteiger charge is 2.30. The first-order chi connectivity index (χ1) is 13.4. The van der Waals surface area contributed by atoms with E-state index in [1.165, 1.54) is 12.5 Å². The van der Waals surface area contributed by atoms with E-state index in [-0.39, 0.29) is 17.5 Å². The van der Waals surface area contributed by atoms with E-state index >= 15 is 0 Å². The molecule has 0 radical (unpaired) electrons. The summed E-state index contributed by atoms with van der Waals surface area (Å²) in [5, 5.41) is 4.17. The van der Waals surface area contributed by atoms with Gasteiger partial charge in [-0.25, -0.2) is 4.52 Å². The van der Waals surface area contributed by atoms with E-state index in [2.05, 4.69) is 24.1 Å². The molecule has 1 N–H and O–H groups in total.